The second kappa shape index (κ2) is 5.96. The molecule has 21 heavy (non-hydrogen) atoms. The van der Waals surface area contributed by atoms with Crippen molar-refractivity contribution in [2.45, 2.75) is 26.2 Å². The topological polar surface area (TPSA) is 32.9 Å². The number of rotatable bonds is 4. The van der Waals surface area contributed by atoms with E-state index in [4.69, 9.17) is 0 Å². The fourth-order valence-corrected chi connectivity index (χ4v) is 2.66. The Morgan fingerprint density at radius 1 is 0.952 bits per heavy atom. The maximum Gasteiger partial charge on any atom is 0.251 e. The summed E-state index contributed by atoms with van der Waals surface area (Å²) in [7, 11) is 0. The minimum absolute atomic E-state index is 0.00587. The molecule has 0 saturated carbocycles. The van der Waals surface area contributed by atoms with E-state index >= 15 is 0 Å². The molecule has 2 nitrogen and oxygen atoms in total. The van der Waals surface area contributed by atoms with Crippen LogP contribution in [-0.4, -0.2) is 4.98 Å². The van der Waals surface area contributed by atoms with Gasteiger partial charge in [0, 0.05) is 17.5 Å². The van der Waals surface area contributed by atoms with Crippen molar-refractivity contribution in [3.05, 3.63) is 81.6 Å². The third-order valence-corrected chi connectivity index (χ3v) is 3.79. The molecule has 3 aromatic rings. The molecule has 2 aromatic carbocycles. The third-order valence-electron chi connectivity index (χ3n) is 3.79. The smallest absolute Gasteiger partial charge is 0.251 e. The van der Waals surface area contributed by atoms with Crippen LogP contribution in [0.5, 0.6) is 0 Å². The summed E-state index contributed by atoms with van der Waals surface area (Å²) in [4.78, 5) is 15.1. The van der Waals surface area contributed by atoms with E-state index in [0.717, 1.165) is 29.3 Å². The van der Waals surface area contributed by atoms with Crippen LogP contribution in [-0.2, 0) is 12.8 Å². The van der Waals surface area contributed by atoms with Crippen LogP contribution >= 0.6 is 0 Å². The number of H-pyrrole nitrogens is 1. The zero-order valence-electron chi connectivity index (χ0n) is 12.2. The van der Waals surface area contributed by atoms with E-state index in [1.807, 2.05) is 30.3 Å². The van der Waals surface area contributed by atoms with Crippen molar-refractivity contribution in [1.29, 1.82) is 0 Å². The number of aryl methyl sites for hydroxylation is 1. The van der Waals surface area contributed by atoms with E-state index in [9.17, 15) is 4.79 Å². The monoisotopic (exact) mass is 277 g/mol. The molecule has 0 atom stereocenters. The number of hydrogen-bond acceptors (Lipinski definition) is 1. The minimum atomic E-state index is 0.00587. The first kappa shape index (κ1) is 13.6. The molecule has 0 unspecified atom stereocenters. The lowest BCUT2D eigenvalue weighted by Gasteiger charge is -2.05. The molecule has 0 aliphatic rings. The fourth-order valence-electron chi connectivity index (χ4n) is 2.66. The second-order valence-electron chi connectivity index (χ2n) is 5.45. The van der Waals surface area contributed by atoms with Gasteiger partial charge in [-0.1, -0.05) is 55.8 Å². The Morgan fingerprint density at radius 2 is 1.67 bits per heavy atom. The van der Waals surface area contributed by atoms with Crippen LogP contribution in [0.4, 0.5) is 0 Å². The van der Waals surface area contributed by atoms with E-state index < -0.39 is 0 Å². The number of nitrogens with one attached hydrogen (secondary N) is 1. The quantitative estimate of drug-likeness (QED) is 0.766. The zero-order chi connectivity index (χ0) is 14.7. The van der Waals surface area contributed by atoms with Crippen LogP contribution in [0.2, 0.25) is 0 Å². The van der Waals surface area contributed by atoms with Gasteiger partial charge in [0.15, 0.2) is 0 Å². The van der Waals surface area contributed by atoms with Crippen molar-refractivity contribution < 1.29 is 0 Å². The Balaban J connectivity index is 1.90. The van der Waals surface area contributed by atoms with Gasteiger partial charge in [-0.25, -0.2) is 0 Å². The normalized spacial score (nSPS) is 10.9. The predicted octanol–water partition coefficient (Wildman–Crippen LogP) is 4.07. The molecule has 0 bridgehead atoms. The summed E-state index contributed by atoms with van der Waals surface area (Å²) in [5, 5.41) is 1.08. The highest BCUT2D eigenvalue weighted by Crippen LogP contribution is 2.14. The summed E-state index contributed by atoms with van der Waals surface area (Å²) in [6.45, 7) is 2.18. The van der Waals surface area contributed by atoms with Crippen LogP contribution in [0.15, 0.2) is 59.4 Å². The average Bonchev–Trinajstić information content (AvgIpc) is 2.50. The van der Waals surface area contributed by atoms with Crippen molar-refractivity contribution in [3.8, 4) is 0 Å². The zero-order valence-corrected chi connectivity index (χ0v) is 12.2. The van der Waals surface area contributed by atoms with Crippen molar-refractivity contribution in [3.63, 3.8) is 0 Å². The molecule has 0 fully saturated rings. The molecule has 106 valence electrons. The van der Waals surface area contributed by atoms with Crippen molar-refractivity contribution in [2.75, 3.05) is 0 Å². The van der Waals surface area contributed by atoms with Gasteiger partial charge in [-0.15, -0.1) is 0 Å². The molecule has 0 amide bonds. The van der Waals surface area contributed by atoms with Crippen LogP contribution in [0, 0.1) is 0 Å². The first-order valence-electron chi connectivity index (χ1n) is 7.45. The number of aromatic nitrogens is 1. The average molecular weight is 277 g/mol. The van der Waals surface area contributed by atoms with E-state index in [1.165, 1.54) is 11.1 Å². The van der Waals surface area contributed by atoms with Gasteiger partial charge in [-0.3, -0.25) is 4.79 Å². The molecule has 0 spiro atoms. The highest BCUT2D eigenvalue weighted by atomic mass is 16.1. The second-order valence-corrected chi connectivity index (χ2v) is 5.45. The van der Waals surface area contributed by atoms with Gasteiger partial charge in [0.2, 0.25) is 0 Å². The van der Waals surface area contributed by atoms with E-state index in [0.29, 0.717) is 6.42 Å². The number of fused-ring (bicyclic) bond motifs is 1. The summed E-state index contributed by atoms with van der Waals surface area (Å²) in [6.07, 6.45) is 2.94. The van der Waals surface area contributed by atoms with Crippen molar-refractivity contribution in [1.82, 2.24) is 4.98 Å². The van der Waals surface area contributed by atoms with Crippen molar-refractivity contribution in [2.24, 2.45) is 0 Å². The molecule has 0 aliphatic heterocycles. The van der Waals surface area contributed by atoms with E-state index in [2.05, 4.69) is 36.2 Å². The third kappa shape index (κ3) is 3.05. The molecule has 0 aliphatic carbocycles. The maximum absolute atomic E-state index is 12.2. The largest absolute Gasteiger partial charge is 0.322 e. The van der Waals surface area contributed by atoms with E-state index in [1.54, 1.807) is 0 Å². The van der Waals surface area contributed by atoms with E-state index in [-0.39, 0.29) is 5.56 Å². The molecule has 1 heterocycles. The Morgan fingerprint density at radius 3 is 2.43 bits per heavy atom. The summed E-state index contributed by atoms with van der Waals surface area (Å²) >= 11 is 0. The number of hydrogen-bond donors (Lipinski definition) is 1. The van der Waals surface area contributed by atoms with Gasteiger partial charge in [-0.2, -0.15) is 0 Å². The first-order chi connectivity index (χ1) is 10.3. The van der Waals surface area contributed by atoms with Gasteiger partial charge < -0.3 is 4.98 Å². The lowest BCUT2D eigenvalue weighted by Crippen LogP contribution is -2.12. The molecule has 1 N–H and O–H groups in total. The number of pyridine rings is 1. The predicted molar refractivity (Wildman–Crippen MR) is 87.8 cm³/mol. The molecule has 0 radical (unpaired) electrons. The number of para-hydroxylation sites is 1. The van der Waals surface area contributed by atoms with Gasteiger partial charge in [0.05, 0.1) is 0 Å². The Kier molecular flexibility index (Phi) is 3.87. The minimum Gasteiger partial charge on any atom is -0.322 e. The van der Waals surface area contributed by atoms with Crippen LogP contribution in [0.1, 0.15) is 30.0 Å². The number of benzene rings is 2. The first-order valence-corrected chi connectivity index (χ1v) is 7.45. The highest BCUT2D eigenvalue weighted by Gasteiger charge is 2.04. The van der Waals surface area contributed by atoms with Crippen molar-refractivity contribution >= 4 is 10.9 Å². The Bertz CT molecular complexity index is 800. The molecular formula is C19H19NO. The maximum atomic E-state index is 12.2. The highest BCUT2D eigenvalue weighted by molar-refractivity contribution is 5.78. The summed E-state index contributed by atoms with van der Waals surface area (Å²) in [5.41, 5.74) is 4.25. The summed E-state index contributed by atoms with van der Waals surface area (Å²) in [6, 6.07) is 18.4. The van der Waals surface area contributed by atoms with Crippen LogP contribution in [0.25, 0.3) is 10.9 Å². The lowest BCUT2D eigenvalue weighted by atomic mass is 10.0. The summed E-state index contributed by atoms with van der Waals surface area (Å²) < 4.78 is 0. The molecule has 1 aromatic heterocycles. The Labute approximate surface area is 124 Å². The van der Waals surface area contributed by atoms with Gasteiger partial charge in [0.1, 0.15) is 0 Å². The standard InChI is InChI=1S/C19H19NO/c1-2-5-14-8-10-15(11-9-14)12-17-13-16-6-3-4-7-18(16)20-19(17)21/h3-4,6-11,13H,2,5,12H2,1H3,(H,20,21). The molecule has 0 saturated heterocycles. The van der Waals surface area contributed by atoms with Gasteiger partial charge in [0.25, 0.3) is 5.56 Å². The van der Waals surface area contributed by atoms with Gasteiger partial charge >= 0.3 is 0 Å². The molecule has 3 rings (SSSR count). The SMILES string of the molecule is CCCc1ccc(Cc2cc3ccccc3[nH]c2=O)cc1. The van der Waals surface area contributed by atoms with Gasteiger partial charge in [-0.05, 0) is 35.1 Å². The number of aromatic amines is 1. The fraction of sp³-hybridized carbons (Fsp3) is 0.211. The molecule has 2 heteroatoms. The van der Waals surface area contributed by atoms with Crippen LogP contribution < -0.4 is 5.56 Å². The lowest BCUT2D eigenvalue weighted by molar-refractivity contribution is 0.920. The Hall–Kier alpha value is -2.35. The van der Waals surface area contributed by atoms with Crippen LogP contribution in [0.3, 0.4) is 0 Å². The molecular weight excluding hydrogens is 258 g/mol. The summed E-state index contributed by atoms with van der Waals surface area (Å²) in [5.74, 6) is 0.